The number of benzene rings is 2. The SMILES string of the molecule is Cc1ccc(S(=O)(=O)N(C)CC(=O)N2CCN(C)c3ccccc3C2)cc1C. The second-order valence-electron chi connectivity index (χ2n) is 7.37. The van der Waals surface area contributed by atoms with Gasteiger partial charge in [0.05, 0.1) is 11.4 Å². The standard InChI is InChI=1S/C21H27N3O3S/c1-16-9-10-19(13-17(16)2)28(26,27)23(4)15-21(25)24-12-11-22(3)20-8-6-5-7-18(20)14-24/h5-10,13H,11-12,14-15H2,1-4H3. The summed E-state index contributed by atoms with van der Waals surface area (Å²) in [6, 6.07) is 13.0. The van der Waals surface area contributed by atoms with Crippen LogP contribution < -0.4 is 4.90 Å². The van der Waals surface area contributed by atoms with Crippen molar-refractivity contribution >= 4 is 21.6 Å². The maximum Gasteiger partial charge on any atom is 0.243 e. The van der Waals surface area contributed by atoms with Crippen molar-refractivity contribution in [2.45, 2.75) is 25.3 Å². The van der Waals surface area contributed by atoms with E-state index in [0.717, 1.165) is 26.7 Å². The van der Waals surface area contributed by atoms with Crippen LogP contribution in [0.1, 0.15) is 16.7 Å². The Bertz CT molecular complexity index is 988. The second kappa shape index (κ2) is 7.93. The van der Waals surface area contributed by atoms with E-state index in [-0.39, 0.29) is 17.3 Å². The Morgan fingerprint density at radius 2 is 1.79 bits per heavy atom. The van der Waals surface area contributed by atoms with Gasteiger partial charge in [0.25, 0.3) is 0 Å². The minimum Gasteiger partial charge on any atom is -0.373 e. The van der Waals surface area contributed by atoms with E-state index >= 15 is 0 Å². The first kappa shape index (κ1) is 20.4. The van der Waals surface area contributed by atoms with Gasteiger partial charge in [-0.3, -0.25) is 4.79 Å². The summed E-state index contributed by atoms with van der Waals surface area (Å²) in [6.07, 6.45) is 0. The number of likely N-dealkylation sites (N-methyl/N-ethyl adjacent to an activating group) is 2. The van der Waals surface area contributed by atoms with Gasteiger partial charge in [0, 0.05) is 39.4 Å². The number of hydrogen-bond acceptors (Lipinski definition) is 4. The Hall–Kier alpha value is -2.38. The maximum absolute atomic E-state index is 12.9. The fourth-order valence-electron chi connectivity index (χ4n) is 3.34. The van der Waals surface area contributed by atoms with Crippen LogP contribution in [-0.2, 0) is 21.4 Å². The number of amides is 1. The van der Waals surface area contributed by atoms with Crippen molar-refractivity contribution in [1.29, 1.82) is 0 Å². The third kappa shape index (κ3) is 4.05. The molecule has 0 spiro atoms. The summed E-state index contributed by atoms with van der Waals surface area (Å²) in [5.41, 5.74) is 4.11. The van der Waals surface area contributed by atoms with E-state index in [1.807, 2.05) is 45.2 Å². The molecule has 0 N–H and O–H groups in total. The van der Waals surface area contributed by atoms with Crippen LogP contribution >= 0.6 is 0 Å². The molecule has 1 aliphatic heterocycles. The summed E-state index contributed by atoms with van der Waals surface area (Å²) in [7, 11) is -0.255. The highest BCUT2D eigenvalue weighted by atomic mass is 32.2. The Morgan fingerprint density at radius 1 is 1.07 bits per heavy atom. The number of aryl methyl sites for hydroxylation is 2. The summed E-state index contributed by atoms with van der Waals surface area (Å²) in [5, 5.41) is 0. The molecule has 2 aromatic carbocycles. The second-order valence-corrected chi connectivity index (χ2v) is 9.42. The molecule has 0 saturated carbocycles. The van der Waals surface area contributed by atoms with Crippen LogP contribution in [-0.4, -0.2) is 57.3 Å². The minimum absolute atomic E-state index is 0.179. The number of fused-ring (bicyclic) bond motifs is 1. The van der Waals surface area contributed by atoms with Crippen molar-refractivity contribution in [2.75, 3.05) is 38.6 Å². The monoisotopic (exact) mass is 401 g/mol. The van der Waals surface area contributed by atoms with Gasteiger partial charge in [-0.15, -0.1) is 0 Å². The Balaban J connectivity index is 1.76. The number of para-hydroxylation sites is 1. The largest absolute Gasteiger partial charge is 0.373 e. The van der Waals surface area contributed by atoms with Crippen molar-refractivity contribution in [3.63, 3.8) is 0 Å². The average molecular weight is 402 g/mol. The first-order chi connectivity index (χ1) is 13.2. The number of nitrogens with zero attached hydrogens (tertiary/aromatic N) is 3. The summed E-state index contributed by atoms with van der Waals surface area (Å²) in [5.74, 6) is -0.194. The van der Waals surface area contributed by atoms with E-state index in [2.05, 4.69) is 4.90 Å². The summed E-state index contributed by atoms with van der Waals surface area (Å²) in [6.45, 7) is 5.38. The Kier molecular flexibility index (Phi) is 5.76. The third-order valence-electron chi connectivity index (χ3n) is 5.37. The van der Waals surface area contributed by atoms with Gasteiger partial charge in [0.2, 0.25) is 15.9 Å². The molecule has 150 valence electrons. The van der Waals surface area contributed by atoms with Crippen molar-refractivity contribution < 1.29 is 13.2 Å². The van der Waals surface area contributed by atoms with Gasteiger partial charge in [0.15, 0.2) is 0 Å². The number of carbonyl (C=O) groups excluding carboxylic acids is 1. The number of sulfonamides is 1. The lowest BCUT2D eigenvalue weighted by Gasteiger charge is -2.24. The summed E-state index contributed by atoms with van der Waals surface area (Å²) >= 11 is 0. The highest BCUT2D eigenvalue weighted by Crippen LogP contribution is 2.24. The highest BCUT2D eigenvalue weighted by Gasteiger charge is 2.27. The molecule has 7 heteroatoms. The minimum atomic E-state index is -3.72. The van der Waals surface area contributed by atoms with E-state index in [9.17, 15) is 13.2 Å². The van der Waals surface area contributed by atoms with E-state index < -0.39 is 10.0 Å². The number of carbonyl (C=O) groups is 1. The fourth-order valence-corrected chi connectivity index (χ4v) is 4.54. The van der Waals surface area contributed by atoms with Crippen molar-refractivity contribution in [3.05, 3.63) is 59.2 Å². The van der Waals surface area contributed by atoms with Crippen LogP contribution in [0.25, 0.3) is 0 Å². The van der Waals surface area contributed by atoms with Crippen LogP contribution in [0, 0.1) is 13.8 Å². The lowest BCUT2D eigenvalue weighted by molar-refractivity contribution is -0.131. The fraction of sp³-hybridized carbons (Fsp3) is 0.381. The number of anilines is 1. The van der Waals surface area contributed by atoms with E-state index in [4.69, 9.17) is 0 Å². The predicted octanol–water partition coefficient (Wildman–Crippen LogP) is 2.40. The molecule has 0 aromatic heterocycles. The zero-order valence-electron chi connectivity index (χ0n) is 16.8. The molecule has 0 radical (unpaired) electrons. The Labute approximate surface area is 167 Å². The molecule has 6 nitrogen and oxygen atoms in total. The topological polar surface area (TPSA) is 60.9 Å². The zero-order valence-corrected chi connectivity index (χ0v) is 17.7. The molecule has 1 aliphatic rings. The average Bonchev–Trinajstić information content (AvgIpc) is 2.83. The lowest BCUT2D eigenvalue weighted by Crippen LogP contribution is -2.42. The van der Waals surface area contributed by atoms with Gasteiger partial charge >= 0.3 is 0 Å². The van der Waals surface area contributed by atoms with E-state index in [1.54, 1.807) is 23.1 Å². The first-order valence-corrected chi connectivity index (χ1v) is 10.7. The molecule has 0 fully saturated rings. The van der Waals surface area contributed by atoms with E-state index in [1.165, 1.54) is 7.05 Å². The summed E-state index contributed by atoms with van der Waals surface area (Å²) < 4.78 is 26.9. The normalized spacial score (nSPS) is 14.8. The molecule has 0 bridgehead atoms. The molecule has 0 atom stereocenters. The molecule has 1 heterocycles. The van der Waals surface area contributed by atoms with Crippen LogP contribution in [0.15, 0.2) is 47.4 Å². The third-order valence-corrected chi connectivity index (χ3v) is 7.17. The highest BCUT2D eigenvalue weighted by molar-refractivity contribution is 7.89. The van der Waals surface area contributed by atoms with Crippen molar-refractivity contribution in [3.8, 4) is 0 Å². The Morgan fingerprint density at radius 3 is 2.50 bits per heavy atom. The molecule has 1 amide bonds. The van der Waals surface area contributed by atoms with Crippen LogP contribution in [0.4, 0.5) is 5.69 Å². The molecular weight excluding hydrogens is 374 g/mol. The molecule has 28 heavy (non-hydrogen) atoms. The number of rotatable bonds is 4. The van der Waals surface area contributed by atoms with Crippen LogP contribution in [0.2, 0.25) is 0 Å². The number of hydrogen-bond donors (Lipinski definition) is 0. The van der Waals surface area contributed by atoms with Gasteiger partial charge in [-0.05, 0) is 48.7 Å². The van der Waals surface area contributed by atoms with Crippen LogP contribution in [0.3, 0.4) is 0 Å². The van der Waals surface area contributed by atoms with Gasteiger partial charge in [-0.25, -0.2) is 8.42 Å². The van der Waals surface area contributed by atoms with Gasteiger partial charge < -0.3 is 9.80 Å². The molecule has 0 saturated heterocycles. The van der Waals surface area contributed by atoms with Crippen molar-refractivity contribution in [2.24, 2.45) is 0 Å². The molecule has 2 aromatic rings. The summed E-state index contributed by atoms with van der Waals surface area (Å²) in [4.78, 5) is 16.9. The van der Waals surface area contributed by atoms with Crippen molar-refractivity contribution in [1.82, 2.24) is 9.21 Å². The van der Waals surface area contributed by atoms with Crippen LogP contribution in [0.5, 0.6) is 0 Å². The predicted molar refractivity (Wildman–Crippen MR) is 111 cm³/mol. The lowest BCUT2D eigenvalue weighted by atomic mass is 10.1. The zero-order chi connectivity index (χ0) is 20.5. The molecule has 0 aliphatic carbocycles. The quantitative estimate of drug-likeness (QED) is 0.789. The van der Waals surface area contributed by atoms with Gasteiger partial charge in [-0.1, -0.05) is 24.3 Å². The maximum atomic E-state index is 12.9. The molecular formula is C21H27N3O3S. The molecule has 0 unspecified atom stereocenters. The van der Waals surface area contributed by atoms with Gasteiger partial charge in [-0.2, -0.15) is 4.31 Å². The smallest absolute Gasteiger partial charge is 0.243 e. The van der Waals surface area contributed by atoms with E-state index in [0.29, 0.717) is 19.6 Å². The first-order valence-electron chi connectivity index (χ1n) is 9.30. The molecule has 3 rings (SSSR count). The van der Waals surface area contributed by atoms with Gasteiger partial charge in [0.1, 0.15) is 0 Å².